The average Bonchev–Trinajstić information content (AvgIpc) is 3.50. The second kappa shape index (κ2) is 9.28. The van der Waals surface area contributed by atoms with Gasteiger partial charge >= 0.3 is 0 Å². The van der Waals surface area contributed by atoms with Crippen LogP contribution in [-0.4, -0.2) is 72.5 Å². The Morgan fingerprint density at radius 3 is 2.69 bits per heavy atom. The summed E-state index contributed by atoms with van der Waals surface area (Å²) in [5.74, 6) is 0.185. The minimum atomic E-state index is -0.00222. The van der Waals surface area contributed by atoms with Crippen LogP contribution in [-0.2, 0) is 16.0 Å². The van der Waals surface area contributed by atoms with Gasteiger partial charge in [0.15, 0.2) is 0 Å². The molecule has 1 atom stereocenters. The van der Waals surface area contributed by atoms with E-state index in [-0.39, 0.29) is 17.9 Å². The van der Waals surface area contributed by atoms with Gasteiger partial charge < -0.3 is 19.4 Å². The first-order valence-corrected chi connectivity index (χ1v) is 11.7. The maximum atomic E-state index is 13.1. The summed E-state index contributed by atoms with van der Waals surface area (Å²) < 4.78 is 5.33. The van der Waals surface area contributed by atoms with E-state index in [1.807, 2.05) is 21.9 Å². The molecule has 1 aromatic heterocycles. The minimum Gasteiger partial charge on any atom is -0.378 e. The zero-order valence-electron chi connectivity index (χ0n) is 18.4. The lowest BCUT2D eigenvalue weighted by Gasteiger charge is -2.27. The Hall–Kier alpha value is -2.93. The molecule has 2 aromatic rings. The fraction of sp³-hybridized carbons (Fsp3) is 0.480. The van der Waals surface area contributed by atoms with Gasteiger partial charge in [-0.15, -0.1) is 0 Å². The van der Waals surface area contributed by atoms with Gasteiger partial charge in [-0.1, -0.05) is 18.2 Å². The molecular formula is C25H30N4O3. The first-order valence-electron chi connectivity index (χ1n) is 11.7. The number of benzene rings is 1. The van der Waals surface area contributed by atoms with Crippen LogP contribution in [0.2, 0.25) is 0 Å². The monoisotopic (exact) mass is 434 g/mol. The summed E-state index contributed by atoms with van der Waals surface area (Å²) in [6, 6.07) is 12.2. The van der Waals surface area contributed by atoms with Crippen LogP contribution in [0.3, 0.4) is 0 Å². The first kappa shape index (κ1) is 20.9. The second-order valence-corrected chi connectivity index (χ2v) is 8.74. The number of pyridine rings is 1. The predicted molar refractivity (Wildman–Crippen MR) is 122 cm³/mol. The highest BCUT2D eigenvalue weighted by molar-refractivity contribution is 5.94. The van der Waals surface area contributed by atoms with Crippen molar-refractivity contribution in [3.05, 3.63) is 59.4 Å². The first-order chi connectivity index (χ1) is 15.7. The molecule has 0 saturated carbocycles. The fourth-order valence-electron chi connectivity index (χ4n) is 5.06. The third-order valence-corrected chi connectivity index (χ3v) is 6.83. The smallest absolute Gasteiger partial charge is 0.255 e. The zero-order valence-corrected chi connectivity index (χ0v) is 18.4. The van der Waals surface area contributed by atoms with Crippen molar-refractivity contribution in [1.29, 1.82) is 0 Å². The number of ether oxygens (including phenoxy) is 1. The molecule has 4 heterocycles. The number of aromatic nitrogens is 1. The molecule has 2 saturated heterocycles. The zero-order chi connectivity index (χ0) is 21.9. The summed E-state index contributed by atoms with van der Waals surface area (Å²) in [4.78, 5) is 36.4. The molecule has 7 nitrogen and oxygen atoms in total. The van der Waals surface area contributed by atoms with Crippen molar-refractivity contribution < 1.29 is 14.3 Å². The lowest BCUT2D eigenvalue weighted by atomic mass is 10.1. The number of hydrogen-bond acceptors (Lipinski definition) is 5. The normalized spacial score (nSPS) is 20.5. The molecule has 168 valence electrons. The maximum Gasteiger partial charge on any atom is 0.255 e. The van der Waals surface area contributed by atoms with Gasteiger partial charge in [0, 0.05) is 51.0 Å². The molecule has 1 unspecified atom stereocenters. The molecule has 2 fully saturated rings. The van der Waals surface area contributed by atoms with E-state index in [4.69, 9.17) is 4.74 Å². The Morgan fingerprint density at radius 2 is 1.88 bits per heavy atom. The summed E-state index contributed by atoms with van der Waals surface area (Å²) in [7, 11) is 0. The fourth-order valence-corrected chi connectivity index (χ4v) is 5.06. The molecule has 3 aliphatic heterocycles. The lowest BCUT2D eigenvalue weighted by molar-refractivity contribution is -0.132. The quantitative estimate of drug-likeness (QED) is 0.724. The highest BCUT2D eigenvalue weighted by Gasteiger charge is 2.31. The van der Waals surface area contributed by atoms with Gasteiger partial charge in [0.05, 0.1) is 30.5 Å². The van der Waals surface area contributed by atoms with Crippen LogP contribution in [0, 0.1) is 0 Å². The van der Waals surface area contributed by atoms with E-state index in [0.29, 0.717) is 38.3 Å². The van der Waals surface area contributed by atoms with Crippen molar-refractivity contribution in [3.63, 3.8) is 0 Å². The SMILES string of the molecule is O=C(c1ccc(C2CCCN2C(=O)CCN2CCc3ccccc32)nc1)N1CCOCC1. The average molecular weight is 435 g/mol. The standard InChI is InChI=1S/C25H30N4O3/c30-24(10-13-27-12-9-19-4-1-2-5-22(19)27)29-11-3-6-23(29)21-8-7-20(18-26-21)25(31)28-14-16-32-17-15-28/h1-2,4-5,7-8,18,23H,3,6,9-17H2. The summed E-state index contributed by atoms with van der Waals surface area (Å²) in [5, 5.41) is 0. The molecule has 1 aromatic carbocycles. The van der Waals surface area contributed by atoms with Gasteiger partial charge in [0.1, 0.15) is 0 Å². The number of rotatable bonds is 5. The number of carbonyl (C=O) groups excluding carboxylic acids is 2. The van der Waals surface area contributed by atoms with Gasteiger partial charge in [-0.2, -0.15) is 0 Å². The highest BCUT2D eigenvalue weighted by Crippen LogP contribution is 2.32. The molecule has 2 amide bonds. The molecule has 5 rings (SSSR count). The van der Waals surface area contributed by atoms with E-state index in [1.165, 1.54) is 11.3 Å². The van der Waals surface area contributed by atoms with Crippen molar-refractivity contribution in [2.24, 2.45) is 0 Å². The number of carbonyl (C=O) groups is 2. The Kier molecular flexibility index (Phi) is 6.08. The number of amides is 2. The molecule has 32 heavy (non-hydrogen) atoms. The molecular weight excluding hydrogens is 404 g/mol. The number of likely N-dealkylation sites (tertiary alicyclic amines) is 1. The van der Waals surface area contributed by atoms with Crippen LogP contribution in [0.15, 0.2) is 42.6 Å². The third kappa shape index (κ3) is 4.21. The Bertz CT molecular complexity index is 971. The van der Waals surface area contributed by atoms with E-state index in [0.717, 1.165) is 44.6 Å². The van der Waals surface area contributed by atoms with Crippen molar-refractivity contribution in [2.75, 3.05) is 50.8 Å². The maximum absolute atomic E-state index is 13.1. The van der Waals surface area contributed by atoms with Gasteiger partial charge in [0.2, 0.25) is 5.91 Å². The van der Waals surface area contributed by atoms with Crippen LogP contribution in [0.5, 0.6) is 0 Å². The van der Waals surface area contributed by atoms with E-state index < -0.39 is 0 Å². The highest BCUT2D eigenvalue weighted by atomic mass is 16.5. The Labute approximate surface area is 189 Å². The van der Waals surface area contributed by atoms with Crippen molar-refractivity contribution >= 4 is 17.5 Å². The summed E-state index contributed by atoms with van der Waals surface area (Å²) in [5.41, 5.74) is 4.11. The number of hydrogen-bond donors (Lipinski definition) is 0. The second-order valence-electron chi connectivity index (χ2n) is 8.74. The van der Waals surface area contributed by atoms with Crippen LogP contribution in [0.1, 0.15) is 46.9 Å². The molecule has 0 radical (unpaired) electrons. The van der Waals surface area contributed by atoms with E-state index in [9.17, 15) is 9.59 Å². The largest absolute Gasteiger partial charge is 0.378 e. The lowest BCUT2D eigenvalue weighted by Crippen LogP contribution is -2.40. The van der Waals surface area contributed by atoms with Crippen molar-refractivity contribution in [1.82, 2.24) is 14.8 Å². The molecule has 0 N–H and O–H groups in total. The summed E-state index contributed by atoms with van der Waals surface area (Å²) >= 11 is 0. The number of para-hydroxylation sites is 1. The summed E-state index contributed by atoms with van der Waals surface area (Å²) in [6.07, 6.45) is 5.13. The topological polar surface area (TPSA) is 66.0 Å². The Balaban J connectivity index is 1.20. The minimum absolute atomic E-state index is 0.000836. The molecule has 0 bridgehead atoms. The predicted octanol–water partition coefficient (Wildman–Crippen LogP) is 2.67. The third-order valence-electron chi connectivity index (χ3n) is 6.83. The van der Waals surface area contributed by atoms with Crippen molar-refractivity contribution in [3.8, 4) is 0 Å². The number of anilines is 1. The molecule has 0 spiro atoms. The van der Waals surface area contributed by atoms with Crippen LogP contribution >= 0.6 is 0 Å². The van der Waals surface area contributed by atoms with E-state index in [2.05, 4.69) is 34.1 Å². The molecule has 7 heteroatoms. The Morgan fingerprint density at radius 1 is 1.03 bits per heavy atom. The molecule has 0 aliphatic carbocycles. The van der Waals surface area contributed by atoms with Crippen LogP contribution in [0.25, 0.3) is 0 Å². The summed E-state index contributed by atoms with van der Waals surface area (Å²) in [6.45, 7) is 4.91. The van der Waals surface area contributed by atoms with Crippen molar-refractivity contribution in [2.45, 2.75) is 31.7 Å². The number of morpholine rings is 1. The van der Waals surface area contributed by atoms with Crippen LogP contribution in [0.4, 0.5) is 5.69 Å². The molecule has 3 aliphatic rings. The number of fused-ring (bicyclic) bond motifs is 1. The van der Waals surface area contributed by atoms with E-state index >= 15 is 0 Å². The van der Waals surface area contributed by atoms with Crippen LogP contribution < -0.4 is 4.90 Å². The van der Waals surface area contributed by atoms with Gasteiger partial charge in [0.25, 0.3) is 5.91 Å². The number of nitrogens with zero attached hydrogens (tertiary/aromatic N) is 4. The van der Waals surface area contributed by atoms with Gasteiger partial charge in [-0.25, -0.2) is 0 Å². The van der Waals surface area contributed by atoms with E-state index in [1.54, 1.807) is 6.20 Å². The van der Waals surface area contributed by atoms with Gasteiger partial charge in [-0.3, -0.25) is 14.6 Å². The van der Waals surface area contributed by atoms with Gasteiger partial charge in [-0.05, 0) is 43.0 Å².